The van der Waals surface area contributed by atoms with E-state index in [4.69, 9.17) is 9.47 Å². The van der Waals surface area contributed by atoms with E-state index >= 15 is 0 Å². The molecule has 23 heavy (non-hydrogen) atoms. The van der Waals surface area contributed by atoms with E-state index in [1.54, 1.807) is 0 Å². The molecule has 1 aromatic heterocycles. The van der Waals surface area contributed by atoms with Crippen LogP contribution in [0.4, 0.5) is 5.69 Å². The molecule has 0 fully saturated rings. The molecule has 0 saturated heterocycles. The smallest absolute Gasteiger partial charge is 0.334 e. The molecule has 0 aromatic carbocycles. The van der Waals surface area contributed by atoms with E-state index in [9.17, 15) is 10.1 Å². The number of nitrogens with zero attached hydrogens (tertiary/aromatic N) is 2. The first-order valence-electron chi connectivity index (χ1n) is 8.30. The van der Waals surface area contributed by atoms with Gasteiger partial charge < -0.3 is 9.47 Å². The van der Waals surface area contributed by atoms with Crippen LogP contribution in [0.15, 0.2) is 12.3 Å². The zero-order chi connectivity index (χ0) is 17.2. The van der Waals surface area contributed by atoms with Crippen LogP contribution in [-0.4, -0.2) is 23.1 Å². The molecule has 130 valence electrons. The second kappa shape index (κ2) is 10.0. The maximum Gasteiger partial charge on any atom is 0.334 e. The summed E-state index contributed by atoms with van der Waals surface area (Å²) < 4.78 is 11.0. The summed E-state index contributed by atoms with van der Waals surface area (Å²) in [7, 11) is 0. The first kappa shape index (κ1) is 19.2. The maximum atomic E-state index is 11.2. The molecule has 6 heteroatoms. The van der Waals surface area contributed by atoms with Crippen LogP contribution >= 0.6 is 0 Å². The van der Waals surface area contributed by atoms with Gasteiger partial charge in [-0.2, -0.15) is 0 Å². The fourth-order valence-electron chi connectivity index (χ4n) is 2.09. The summed E-state index contributed by atoms with van der Waals surface area (Å²) in [5, 5.41) is 11.2. The predicted octanol–water partition coefficient (Wildman–Crippen LogP) is 4.62. The Bertz CT molecular complexity index is 489. The highest BCUT2D eigenvalue weighted by Gasteiger charge is 2.18. The molecule has 0 aliphatic heterocycles. The second-order valence-electron chi connectivity index (χ2n) is 6.52. The molecule has 0 saturated carbocycles. The lowest BCUT2D eigenvalue weighted by Crippen LogP contribution is -2.05. The maximum absolute atomic E-state index is 11.2. The van der Waals surface area contributed by atoms with E-state index in [0.717, 1.165) is 25.7 Å². The second-order valence-corrected chi connectivity index (χ2v) is 6.52. The lowest BCUT2D eigenvalue weighted by molar-refractivity contribution is -0.386. The molecule has 0 atom stereocenters. The molecule has 0 amide bonds. The van der Waals surface area contributed by atoms with E-state index < -0.39 is 4.92 Å². The summed E-state index contributed by atoms with van der Waals surface area (Å²) in [6.07, 6.45) is 5.33. The van der Waals surface area contributed by atoms with Gasteiger partial charge in [-0.1, -0.05) is 27.7 Å². The Balaban J connectivity index is 2.57. The average molecular weight is 324 g/mol. The standard InChI is InChI=1S/C17H28N2O4/c1-13(2)7-5-9-22-15-11-16(19(20)21)17(18-12-15)23-10-6-8-14(3)4/h11-14H,5-10H2,1-4H3. The van der Waals surface area contributed by atoms with Gasteiger partial charge in [0.25, 0.3) is 5.88 Å². The van der Waals surface area contributed by atoms with Gasteiger partial charge >= 0.3 is 5.69 Å². The van der Waals surface area contributed by atoms with Crippen LogP contribution in [-0.2, 0) is 0 Å². The highest BCUT2D eigenvalue weighted by atomic mass is 16.6. The third-order valence-corrected chi connectivity index (χ3v) is 3.36. The van der Waals surface area contributed by atoms with Gasteiger partial charge in [-0.15, -0.1) is 0 Å². The number of aromatic nitrogens is 1. The van der Waals surface area contributed by atoms with E-state index in [2.05, 4.69) is 32.7 Å². The molecule has 0 spiro atoms. The van der Waals surface area contributed by atoms with Gasteiger partial charge in [-0.3, -0.25) is 10.1 Å². The van der Waals surface area contributed by atoms with Gasteiger partial charge in [0.15, 0.2) is 0 Å². The largest absolute Gasteiger partial charge is 0.492 e. The van der Waals surface area contributed by atoms with Crippen molar-refractivity contribution in [2.45, 2.75) is 53.4 Å². The van der Waals surface area contributed by atoms with Crippen LogP contribution in [0.25, 0.3) is 0 Å². The van der Waals surface area contributed by atoms with Crippen molar-refractivity contribution in [3.63, 3.8) is 0 Å². The number of nitro groups is 1. The van der Waals surface area contributed by atoms with Gasteiger partial charge in [0, 0.05) is 0 Å². The predicted molar refractivity (Wildman–Crippen MR) is 90.0 cm³/mol. The molecule has 0 N–H and O–H groups in total. The molecule has 1 rings (SSSR count). The zero-order valence-electron chi connectivity index (χ0n) is 14.6. The van der Waals surface area contributed by atoms with Crippen molar-refractivity contribution in [2.75, 3.05) is 13.2 Å². The van der Waals surface area contributed by atoms with Crippen molar-refractivity contribution >= 4 is 5.69 Å². The highest BCUT2D eigenvalue weighted by Crippen LogP contribution is 2.28. The van der Waals surface area contributed by atoms with Crippen LogP contribution in [0, 0.1) is 22.0 Å². The Hall–Kier alpha value is -1.85. The number of hydrogen-bond donors (Lipinski definition) is 0. The molecular weight excluding hydrogens is 296 g/mol. The van der Waals surface area contributed by atoms with Crippen LogP contribution in [0.5, 0.6) is 11.6 Å². The third kappa shape index (κ3) is 7.81. The fraction of sp³-hybridized carbons (Fsp3) is 0.706. The van der Waals surface area contributed by atoms with Crippen LogP contribution in [0.2, 0.25) is 0 Å². The fourth-order valence-corrected chi connectivity index (χ4v) is 2.09. The summed E-state index contributed by atoms with van der Waals surface area (Å²) in [5.41, 5.74) is -0.143. The summed E-state index contributed by atoms with van der Waals surface area (Å²) in [5.74, 6) is 1.68. The SMILES string of the molecule is CC(C)CCCOc1cnc(OCCCC(C)C)c([N+](=O)[O-])c1. The minimum Gasteiger partial charge on any atom is -0.492 e. The van der Waals surface area contributed by atoms with Crippen LogP contribution in [0.3, 0.4) is 0 Å². The van der Waals surface area contributed by atoms with Gasteiger partial charge in [-0.05, 0) is 37.5 Å². The lowest BCUT2D eigenvalue weighted by atomic mass is 10.1. The van der Waals surface area contributed by atoms with Gasteiger partial charge in [-0.25, -0.2) is 4.98 Å². The molecular formula is C17H28N2O4. The summed E-state index contributed by atoms with van der Waals surface area (Å²) in [6.45, 7) is 9.53. The minimum atomic E-state index is -0.480. The Morgan fingerprint density at radius 1 is 1.09 bits per heavy atom. The molecule has 0 bridgehead atoms. The minimum absolute atomic E-state index is 0.0632. The Labute approximate surface area is 138 Å². The van der Waals surface area contributed by atoms with Crippen molar-refractivity contribution in [1.82, 2.24) is 4.98 Å². The monoisotopic (exact) mass is 324 g/mol. The van der Waals surface area contributed by atoms with E-state index in [0.29, 0.717) is 30.8 Å². The zero-order valence-corrected chi connectivity index (χ0v) is 14.6. The van der Waals surface area contributed by atoms with Gasteiger partial charge in [0.1, 0.15) is 5.75 Å². The number of hydrogen-bond acceptors (Lipinski definition) is 5. The third-order valence-electron chi connectivity index (χ3n) is 3.36. The molecule has 6 nitrogen and oxygen atoms in total. The first-order chi connectivity index (χ1) is 10.9. The molecule has 0 aliphatic rings. The van der Waals surface area contributed by atoms with E-state index in [1.807, 2.05) is 0 Å². The van der Waals surface area contributed by atoms with Crippen molar-refractivity contribution in [3.05, 3.63) is 22.4 Å². The Morgan fingerprint density at radius 3 is 2.17 bits per heavy atom. The molecule has 0 radical (unpaired) electrons. The summed E-state index contributed by atoms with van der Waals surface area (Å²) in [4.78, 5) is 14.7. The average Bonchev–Trinajstić information content (AvgIpc) is 2.48. The molecule has 1 aromatic rings. The topological polar surface area (TPSA) is 74.5 Å². The van der Waals surface area contributed by atoms with Crippen LogP contribution in [0.1, 0.15) is 53.4 Å². The van der Waals surface area contributed by atoms with Crippen molar-refractivity contribution in [1.29, 1.82) is 0 Å². The van der Waals surface area contributed by atoms with Crippen molar-refractivity contribution in [2.24, 2.45) is 11.8 Å². The molecule has 1 heterocycles. The Kier molecular flexibility index (Phi) is 8.37. The Morgan fingerprint density at radius 2 is 1.65 bits per heavy atom. The van der Waals surface area contributed by atoms with Gasteiger partial charge in [0.2, 0.25) is 0 Å². The summed E-state index contributed by atoms with van der Waals surface area (Å²) >= 11 is 0. The number of rotatable bonds is 11. The molecule has 0 unspecified atom stereocenters. The highest BCUT2D eigenvalue weighted by molar-refractivity contribution is 5.45. The number of ether oxygens (including phenoxy) is 2. The van der Waals surface area contributed by atoms with E-state index in [-0.39, 0.29) is 11.6 Å². The molecule has 0 aliphatic carbocycles. The van der Waals surface area contributed by atoms with E-state index in [1.165, 1.54) is 12.3 Å². The van der Waals surface area contributed by atoms with Gasteiger partial charge in [0.05, 0.1) is 30.4 Å². The quantitative estimate of drug-likeness (QED) is 0.337. The van der Waals surface area contributed by atoms with Crippen molar-refractivity contribution < 1.29 is 14.4 Å². The normalized spacial score (nSPS) is 11.0. The lowest BCUT2D eigenvalue weighted by Gasteiger charge is -2.10. The van der Waals surface area contributed by atoms with Crippen LogP contribution < -0.4 is 9.47 Å². The summed E-state index contributed by atoms with van der Waals surface area (Å²) in [6, 6.07) is 1.39. The number of pyridine rings is 1. The first-order valence-corrected chi connectivity index (χ1v) is 8.30. The van der Waals surface area contributed by atoms with Crippen molar-refractivity contribution in [3.8, 4) is 11.6 Å².